The van der Waals surface area contributed by atoms with Crippen LogP contribution in [-0.4, -0.2) is 134 Å². The number of allylic oxidation sites excluding steroid dienone is 1. The molecule has 3 N–H and O–H groups in total. The molecule has 6 rings (SSSR count). The predicted molar refractivity (Wildman–Crippen MR) is 293 cm³/mol. The summed E-state index contributed by atoms with van der Waals surface area (Å²) in [6, 6.07) is -1.85. The van der Waals surface area contributed by atoms with Crippen LogP contribution in [-0.2, 0) is 28.7 Å². The van der Waals surface area contributed by atoms with E-state index in [1.165, 1.54) is 37.7 Å². The van der Waals surface area contributed by atoms with Crippen molar-refractivity contribution in [3.63, 3.8) is 0 Å². The zero-order valence-corrected chi connectivity index (χ0v) is 49.5. The van der Waals surface area contributed by atoms with Crippen LogP contribution in [0.1, 0.15) is 180 Å². The number of hydrogen-bond donors (Lipinski definition) is 3. The maximum Gasteiger partial charge on any atom is 0.245 e. The highest BCUT2D eigenvalue weighted by Crippen LogP contribution is 2.77. The molecular formula is C61H107N5O7. The van der Waals surface area contributed by atoms with Gasteiger partial charge in [0, 0.05) is 34.4 Å². The first-order valence-electron chi connectivity index (χ1n) is 29.2. The van der Waals surface area contributed by atoms with E-state index in [2.05, 4.69) is 72.6 Å². The van der Waals surface area contributed by atoms with E-state index < -0.39 is 30.2 Å². The number of aliphatic hydroxyl groups is 1. The molecule has 6 aliphatic rings. The van der Waals surface area contributed by atoms with Crippen LogP contribution >= 0.6 is 0 Å². The van der Waals surface area contributed by atoms with Gasteiger partial charge in [0.1, 0.15) is 6.04 Å². The average molecular weight is 1020 g/mol. The topological polar surface area (TPSA) is 141 Å². The van der Waals surface area contributed by atoms with Crippen molar-refractivity contribution in [3.05, 3.63) is 12.2 Å². The van der Waals surface area contributed by atoms with Gasteiger partial charge in [0.05, 0.1) is 48.8 Å². The SMILES string of the molecule is C=C(C)[C@@H]1CC[C@]2(CNC(=O)[C@H](C)[C@@H](OC)C3CCCN3C(=O)C[C@@H](OC)[C@H]([C@@H](C)CC)N(C)C(=O)C(NC(=O)[C@H](C(C)C)N(C)C)C(C)C)CC[C@]3(C)C(CCC4[C@@]5(C)CC[C@H](O)C(C)(C)C5CC[C@]43C)C12. The number of likely N-dealkylation sites (N-methyl/N-ethyl adjacent to an activating group) is 2. The maximum absolute atomic E-state index is 14.7. The van der Waals surface area contributed by atoms with Crippen molar-refractivity contribution in [1.82, 2.24) is 25.3 Å². The van der Waals surface area contributed by atoms with E-state index >= 15 is 0 Å². The molecule has 0 aromatic rings. The van der Waals surface area contributed by atoms with Crippen LogP contribution in [0.5, 0.6) is 0 Å². The quantitative estimate of drug-likeness (QED) is 0.103. The van der Waals surface area contributed by atoms with Crippen LogP contribution in [0.3, 0.4) is 0 Å². The number of carbonyl (C=O) groups excluding carboxylic acids is 4. The molecule has 0 radical (unpaired) electrons. The summed E-state index contributed by atoms with van der Waals surface area (Å²) in [5, 5.41) is 17.9. The third-order valence-corrected chi connectivity index (χ3v) is 22.8. The summed E-state index contributed by atoms with van der Waals surface area (Å²) in [7, 11) is 8.83. The standard InChI is InChI=1S/C61H107N5O7/c1-20-39(8)52(65(17)56(71)50(37(4)5)63-55(70)51(38(6)7)64(15)16)44(72-18)34-48(68)66-33-21-22-43(66)53(73-19)40(9)54(69)62-35-61-30-25-41(36(2)3)49(61)42-23-24-46-58(12)28-27-47(67)57(10,11)45(58)26-29-60(46,14)59(42,13)31-32-61/h37-47,49-53,67H,2,20-35H2,1,3-19H3,(H,62,69)(H,63,70)/t39-,40+,41-,42?,43?,44+,45?,46?,47-,49?,50?,51-,52-,53+,58-,59+,60+,61+/m0/s1. The van der Waals surface area contributed by atoms with Gasteiger partial charge in [-0.25, -0.2) is 0 Å². The van der Waals surface area contributed by atoms with Gasteiger partial charge in [-0.2, -0.15) is 0 Å². The van der Waals surface area contributed by atoms with Crippen molar-refractivity contribution >= 4 is 23.6 Å². The minimum Gasteiger partial charge on any atom is -0.393 e. The van der Waals surface area contributed by atoms with Crippen molar-refractivity contribution in [2.24, 2.45) is 80.3 Å². The molecule has 0 aromatic carbocycles. The smallest absolute Gasteiger partial charge is 0.245 e. The fourth-order valence-electron chi connectivity index (χ4n) is 18.4. The molecular weight excluding hydrogens is 915 g/mol. The van der Waals surface area contributed by atoms with Crippen LogP contribution in [0.4, 0.5) is 0 Å². The lowest BCUT2D eigenvalue weighted by atomic mass is 9.32. The number of amides is 4. The lowest BCUT2D eigenvalue weighted by Gasteiger charge is -2.73. The van der Waals surface area contributed by atoms with Crippen molar-refractivity contribution < 1.29 is 33.8 Å². The molecule has 12 nitrogen and oxygen atoms in total. The molecule has 6 unspecified atom stereocenters. The summed E-state index contributed by atoms with van der Waals surface area (Å²) in [6.07, 6.45) is 12.5. The van der Waals surface area contributed by atoms with Crippen molar-refractivity contribution in [2.75, 3.05) is 48.5 Å². The van der Waals surface area contributed by atoms with Gasteiger partial charge in [0.25, 0.3) is 0 Å². The Balaban J connectivity index is 1.15. The number of carbonyl (C=O) groups is 4. The molecule has 73 heavy (non-hydrogen) atoms. The molecule has 1 saturated heterocycles. The monoisotopic (exact) mass is 1020 g/mol. The van der Waals surface area contributed by atoms with E-state index in [0.717, 1.165) is 51.4 Å². The number of rotatable bonds is 20. The first-order valence-corrected chi connectivity index (χ1v) is 29.2. The molecule has 5 saturated carbocycles. The first kappa shape index (κ1) is 59.7. The Morgan fingerprint density at radius 3 is 2.04 bits per heavy atom. The van der Waals surface area contributed by atoms with Crippen LogP contribution in [0.2, 0.25) is 0 Å². The highest BCUT2D eigenvalue weighted by Gasteiger charge is 2.71. The maximum atomic E-state index is 14.7. The minimum atomic E-state index is -0.750. The van der Waals surface area contributed by atoms with E-state index in [-0.39, 0.29) is 93.1 Å². The van der Waals surface area contributed by atoms with E-state index in [9.17, 15) is 24.3 Å². The summed E-state index contributed by atoms with van der Waals surface area (Å²) in [5.74, 6) is 1.56. The van der Waals surface area contributed by atoms with Gasteiger partial charge in [-0.1, -0.05) is 102 Å². The van der Waals surface area contributed by atoms with E-state index in [0.29, 0.717) is 42.7 Å². The number of nitrogens with one attached hydrogen (secondary N) is 2. The molecule has 6 fully saturated rings. The molecule has 18 atom stereocenters. The summed E-state index contributed by atoms with van der Waals surface area (Å²) >= 11 is 0. The Bertz CT molecular complexity index is 1970. The molecule has 12 heteroatoms. The third kappa shape index (κ3) is 10.6. The molecule has 4 amide bonds. The number of fused-ring (bicyclic) bond motifs is 7. The Morgan fingerprint density at radius 2 is 1.47 bits per heavy atom. The molecule has 0 aromatic heterocycles. The van der Waals surface area contributed by atoms with Gasteiger partial charge in [-0.3, -0.25) is 24.1 Å². The summed E-state index contributed by atoms with van der Waals surface area (Å²) in [5.41, 5.74) is 1.85. The van der Waals surface area contributed by atoms with Crippen LogP contribution in [0.25, 0.3) is 0 Å². The number of nitrogens with zero attached hydrogens (tertiary/aromatic N) is 3. The second-order valence-electron chi connectivity index (χ2n) is 27.6. The fourth-order valence-corrected chi connectivity index (χ4v) is 18.4. The van der Waals surface area contributed by atoms with E-state index in [1.807, 2.05) is 58.5 Å². The zero-order valence-electron chi connectivity index (χ0n) is 49.5. The van der Waals surface area contributed by atoms with Crippen molar-refractivity contribution in [2.45, 2.75) is 222 Å². The number of methoxy groups -OCH3 is 2. The largest absolute Gasteiger partial charge is 0.393 e. The second kappa shape index (κ2) is 22.8. The van der Waals surface area contributed by atoms with Gasteiger partial charge < -0.3 is 35.0 Å². The van der Waals surface area contributed by atoms with Crippen LogP contribution in [0, 0.1) is 80.3 Å². The zero-order chi connectivity index (χ0) is 54.5. The lowest BCUT2D eigenvalue weighted by Crippen LogP contribution is -2.67. The molecule has 0 bridgehead atoms. The number of ether oxygens (including phenoxy) is 2. The highest BCUT2D eigenvalue weighted by molar-refractivity contribution is 5.90. The molecule has 1 aliphatic heterocycles. The lowest BCUT2D eigenvalue weighted by molar-refractivity contribution is -0.247. The highest BCUT2D eigenvalue weighted by atomic mass is 16.5. The van der Waals surface area contributed by atoms with Gasteiger partial charge in [0.15, 0.2) is 0 Å². The van der Waals surface area contributed by atoms with E-state index in [4.69, 9.17) is 9.47 Å². The van der Waals surface area contributed by atoms with Gasteiger partial charge in [0.2, 0.25) is 23.6 Å². The Hall–Kier alpha value is -2.54. The fraction of sp³-hybridized carbons (Fsp3) is 0.902. The number of hydrogen-bond acceptors (Lipinski definition) is 8. The van der Waals surface area contributed by atoms with Gasteiger partial charge in [-0.05, 0) is 172 Å². The van der Waals surface area contributed by atoms with Gasteiger partial charge >= 0.3 is 0 Å². The van der Waals surface area contributed by atoms with Crippen LogP contribution < -0.4 is 10.6 Å². The second-order valence-corrected chi connectivity index (χ2v) is 27.6. The molecule has 5 aliphatic carbocycles. The summed E-state index contributed by atoms with van der Waals surface area (Å²) in [6.45, 7) is 34.8. The van der Waals surface area contributed by atoms with Gasteiger partial charge in [-0.15, -0.1) is 0 Å². The van der Waals surface area contributed by atoms with E-state index in [1.54, 1.807) is 26.2 Å². The minimum absolute atomic E-state index is 0.00171. The summed E-state index contributed by atoms with van der Waals surface area (Å²) < 4.78 is 12.4. The average Bonchev–Trinajstić information content (AvgIpc) is 3.97. The Labute approximate surface area is 444 Å². The molecule has 0 spiro atoms. The van der Waals surface area contributed by atoms with Crippen molar-refractivity contribution in [3.8, 4) is 0 Å². The number of aliphatic hydroxyl groups excluding tert-OH is 1. The third-order valence-electron chi connectivity index (χ3n) is 22.8. The first-order chi connectivity index (χ1) is 34.0. The molecule has 418 valence electrons. The number of likely N-dealkylation sites (tertiary alicyclic amines) is 1. The predicted octanol–water partition coefficient (Wildman–Crippen LogP) is 9.77. The normalized spacial score (nSPS) is 36.7. The van der Waals surface area contributed by atoms with Crippen LogP contribution in [0.15, 0.2) is 12.2 Å². The Kier molecular flexibility index (Phi) is 18.7. The summed E-state index contributed by atoms with van der Waals surface area (Å²) in [4.78, 5) is 63.0. The molecule has 1 heterocycles. The Morgan fingerprint density at radius 1 is 0.795 bits per heavy atom. The van der Waals surface area contributed by atoms with Crippen molar-refractivity contribution in [1.29, 1.82) is 0 Å².